The second-order valence-corrected chi connectivity index (χ2v) is 8.48. The van der Waals surface area contributed by atoms with Gasteiger partial charge in [-0.3, -0.25) is 0 Å². The summed E-state index contributed by atoms with van der Waals surface area (Å²) in [5, 5.41) is 0. The van der Waals surface area contributed by atoms with Gasteiger partial charge in [0.15, 0.2) is 0 Å². The Bertz CT molecular complexity index is 497. The Morgan fingerprint density at radius 3 is 2.17 bits per heavy atom. The summed E-state index contributed by atoms with van der Waals surface area (Å²) in [6.45, 7) is 9.64. The molecule has 1 atom stereocenters. The third-order valence-corrected chi connectivity index (χ3v) is 6.07. The quantitative estimate of drug-likeness (QED) is 0.562. The second-order valence-electron chi connectivity index (χ2n) is 7.37. The van der Waals surface area contributed by atoms with Crippen LogP contribution in [0.2, 0.25) is 0 Å². The van der Waals surface area contributed by atoms with Crippen LogP contribution < -0.4 is 0 Å². The van der Waals surface area contributed by atoms with Gasteiger partial charge in [0, 0.05) is 4.83 Å². The van der Waals surface area contributed by atoms with E-state index in [1.54, 1.807) is 22.3 Å². The summed E-state index contributed by atoms with van der Waals surface area (Å²) in [5.74, 6) is 0. The number of hydrogen-bond acceptors (Lipinski definition) is 0. The van der Waals surface area contributed by atoms with Crippen LogP contribution in [0.25, 0.3) is 0 Å². The lowest BCUT2D eigenvalue weighted by atomic mass is 9.62. The average molecular weight is 307 g/mol. The summed E-state index contributed by atoms with van der Waals surface area (Å²) in [7, 11) is 0. The van der Waals surface area contributed by atoms with Gasteiger partial charge in [-0.05, 0) is 58.8 Å². The maximum atomic E-state index is 3.83. The number of alkyl halides is 1. The van der Waals surface area contributed by atoms with Gasteiger partial charge >= 0.3 is 0 Å². The Morgan fingerprint density at radius 1 is 1.00 bits per heavy atom. The van der Waals surface area contributed by atoms with Crippen molar-refractivity contribution in [1.82, 2.24) is 0 Å². The van der Waals surface area contributed by atoms with E-state index in [0.717, 1.165) is 0 Å². The highest BCUT2D eigenvalue weighted by Crippen LogP contribution is 2.49. The zero-order valence-electron chi connectivity index (χ0n) is 11.9. The van der Waals surface area contributed by atoms with Gasteiger partial charge in [0.05, 0.1) is 0 Å². The Labute approximate surface area is 119 Å². The minimum atomic E-state index is 0.342. The normalized spacial score (nSPS) is 27.7. The van der Waals surface area contributed by atoms with Crippen molar-refractivity contribution in [2.45, 2.75) is 69.0 Å². The minimum Gasteiger partial charge on any atom is -0.0839 e. The van der Waals surface area contributed by atoms with E-state index in [9.17, 15) is 0 Å². The fourth-order valence-electron chi connectivity index (χ4n) is 3.62. The highest BCUT2D eigenvalue weighted by molar-refractivity contribution is 9.09. The van der Waals surface area contributed by atoms with E-state index < -0.39 is 0 Å². The standard InChI is InChI=1S/C17H23Br/c1-16(2)7-8-17(3,4)14-10-12-11(9-13(14)16)5-6-15(12)18/h9-10,15H,5-8H2,1-4H3/t15-/m0/s1. The maximum Gasteiger partial charge on any atom is 0.0401 e. The fourth-order valence-corrected chi connectivity index (χ4v) is 4.28. The summed E-state index contributed by atoms with van der Waals surface area (Å²) >= 11 is 3.83. The molecule has 1 aromatic carbocycles. The van der Waals surface area contributed by atoms with Gasteiger partial charge in [0.25, 0.3) is 0 Å². The molecule has 0 aliphatic heterocycles. The largest absolute Gasteiger partial charge is 0.0839 e. The highest BCUT2D eigenvalue weighted by atomic mass is 79.9. The van der Waals surface area contributed by atoms with Gasteiger partial charge in [0.2, 0.25) is 0 Å². The molecule has 0 N–H and O–H groups in total. The topological polar surface area (TPSA) is 0 Å². The molecule has 0 heterocycles. The average Bonchev–Trinajstić information content (AvgIpc) is 2.66. The van der Waals surface area contributed by atoms with Crippen molar-refractivity contribution < 1.29 is 0 Å². The summed E-state index contributed by atoms with van der Waals surface area (Å²) in [5.41, 5.74) is 7.04. The summed E-state index contributed by atoms with van der Waals surface area (Å²) < 4.78 is 0. The summed E-state index contributed by atoms with van der Waals surface area (Å²) in [4.78, 5) is 0.582. The zero-order chi connectivity index (χ0) is 13.1. The van der Waals surface area contributed by atoms with Crippen LogP contribution in [0, 0.1) is 0 Å². The molecule has 0 nitrogen and oxygen atoms in total. The van der Waals surface area contributed by atoms with Crippen LogP contribution in [-0.2, 0) is 17.3 Å². The van der Waals surface area contributed by atoms with E-state index in [2.05, 4.69) is 55.8 Å². The van der Waals surface area contributed by atoms with E-state index in [-0.39, 0.29) is 0 Å². The van der Waals surface area contributed by atoms with Gasteiger partial charge in [-0.1, -0.05) is 55.8 Å². The lowest BCUT2D eigenvalue weighted by Gasteiger charge is -2.42. The Hall–Kier alpha value is -0.300. The molecule has 3 rings (SSSR count). The molecule has 0 radical (unpaired) electrons. The molecule has 0 saturated heterocycles. The maximum absolute atomic E-state index is 3.83. The monoisotopic (exact) mass is 306 g/mol. The molecule has 0 unspecified atom stereocenters. The predicted octanol–water partition coefficient (Wildman–Crippen LogP) is 5.42. The van der Waals surface area contributed by atoms with Crippen molar-refractivity contribution in [3.05, 3.63) is 34.4 Å². The second kappa shape index (κ2) is 3.85. The predicted molar refractivity (Wildman–Crippen MR) is 81.7 cm³/mol. The molecular formula is C17H23Br. The molecule has 2 aliphatic carbocycles. The van der Waals surface area contributed by atoms with E-state index in [1.807, 2.05) is 0 Å². The summed E-state index contributed by atoms with van der Waals surface area (Å²) in [6.07, 6.45) is 5.12. The van der Waals surface area contributed by atoms with Crippen LogP contribution in [-0.4, -0.2) is 0 Å². The Balaban J connectivity index is 2.24. The number of rotatable bonds is 0. The molecule has 1 heteroatoms. The van der Waals surface area contributed by atoms with Crippen molar-refractivity contribution in [3.63, 3.8) is 0 Å². The van der Waals surface area contributed by atoms with E-state index in [4.69, 9.17) is 0 Å². The van der Waals surface area contributed by atoms with Gasteiger partial charge in [-0.2, -0.15) is 0 Å². The molecule has 98 valence electrons. The van der Waals surface area contributed by atoms with Crippen LogP contribution >= 0.6 is 15.9 Å². The molecule has 1 aromatic rings. The van der Waals surface area contributed by atoms with Crippen LogP contribution in [0.15, 0.2) is 12.1 Å². The van der Waals surface area contributed by atoms with Gasteiger partial charge < -0.3 is 0 Å². The van der Waals surface area contributed by atoms with E-state index >= 15 is 0 Å². The number of hydrogen-bond donors (Lipinski definition) is 0. The molecule has 0 aromatic heterocycles. The molecule has 0 fully saturated rings. The van der Waals surface area contributed by atoms with Crippen LogP contribution in [0.3, 0.4) is 0 Å². The lowest BCUT2D eigenvalue weighted by molar-refractivity contribution is 0.331. The minimum absolute atomic E-state index is 0.342. The van der Waals surface area contributed by atoms with Crippen molar-refractivity contribution in [1.29, 1.82) is 0 Å². The first-order chi connectivity index (χ1) is 8.31. The number of halogens is 1. The Morgan fingerprint density at radius 2 is 1.56 bits per heavy atom. The van der Waals surface area contributed by atoms with Crippen molar-refractivity contribution in [2.24, 2.45) is 0 Å². The molecular weight excluding hydrogens is 284 g/mol. The fraction of sp³-hybridized carbons (Fsp3) is 0.647. The van der Waals surface area contributed by atoms with Crippen molar-refractivity contribution in [3.8, 4) is 0 Å². The number of fused-ring (bicyclic) bond motifs is 2. The lowest BCUT2D eigenvalue weighted by Crippen LogP contribution is -2.34. The SMILES string of the molecule is CC1(C)CCC(C)(C)c2cc3c(cc21)CC[C@@H]3Br. The smallest absolute Gasteiger partial charge is 0.0401 e. The summed E-state index contributed by atoms with van der Waals surface area (Å²) in [6, 6.07) is 5.03. The van der Waals surface area contributed by atoms with Crippen molar-refractivity contribution in [2.75, 3.05) is 0 Å². The molecule has 18 heavy (non-hydrogen) atoms. The van der Waals surface area contributed by atoms with Crippen LogP contribution in [0.5, 0.6) is 0 Å². The highest BCUT2D eigenvalue weighted by Gasteiger charge is 2.38. The number of benzene rings is 1. The van der Waals surface area contributed by atoms with Crippen molar-refractivity contribution >= 4 is 15.9 Å². The first-order valence-electron chi connectivity index (χ1n) is 7.13. The number of aryl methyl sites for hydroxylation is 1. The molecule has 2 aliphatic rings. The third-order valence-electron chi connectivity index (χ3n) is 5.12. The van der Waals surface area contributed by atoms with E-state index in [1.165, 1.54) is 25.7 Å². The molecule has 0 amide bonds. The Kier molecular flexibility index (Phi) is 2.72. The van der Waals surface area contributed by atoms with Crippen LogP contribution in [0.4, 0.5) is 0 Å². The molecule has 0 bridgehead atoms. The first-order valence-corrected chi connectivity index (χ1v) is 8.05. The van der Waals surface area contributed by atoms with Gasteiger partial charge in [-0.25, -0.2) is 0 Å². The van der Waals surface area contributed by atoms with Crippen LogP contribution in [0.1, 0.15) is 74.0 Å². The van der Waals surface area contributed by atoms with E-state index in [0.29, 0.717) is 15.7 Å². The zero-order valence-corrected chi connectivity index (χ0v) is 13.5. The van der Waals surface area contributed by atoms with Gasteiger partial charge in [0.1, 0.15) is 0 Å². The molecule has 0 saturated carbocycles. The molecule has 0 spiro atoms. The third kappa shape index (κ3) is 1.78. The first kappa shape index (κ1) is 12.7. The van der Waals surface area contributed by atoms with Gasteiger partial charge in [-0.15, -0.1) is 0 Å².